The number of hydrogen-bond acceptors (Lipinski definition) is 1. The molecule has 1 radical (unpaired) electrons. The van der Waals surface area contributed by atoms with Gasteiger partial charge in [0.1, 0.15) is 0 Å². The van der Waals surface area contributed by atoms with Crippen molar-refractivity contribution >= 4 is 0 Å². The first kappa shape index (κ1) is 32.0. The van der Waals surface area contributed by atoms with Crippen LogP contribution in [0.25, 0.3) is 0 Å². The van der Waals surface area contributed by atoms with E-state index < -0.39 is 0 Å². The second-order valence-corrected chi connectivity index (χ2v) is 10.5. The minimum Gasteiger partial charge on any atom is -0.379 e. The fourth-order valence-corrected chi connectivity index (χ4v) is 4.87. The average molecular weight is 452 g/mol. The second-order valence-electron chi connectivity index (χ2n) is 10.5. The molecule has 0 saturated carbocycles. The minimum atomic E-state index is 0.833. The molecule has 1 nitrogen and oxygen atoms in total. The van der Waals surface area contributed by atoms with E-state index >= 15 is 0 Å². The van der Waals surface area contributed by atoms with Gasteiger partial charge in [-0.05, 0) is 6.42 Å². The Morgan fingerprint density at radius 3 is 0.688 bits per heavy atom. The zero-order valence-corrected chi connectivity index (χ0v) is 22.6. The normalized spacial score (nSPS) is 11.4. The highest BCUT2D eigenvalue weighted by Gasteiger charge is 1.96. The van der Waals surface area contributed by atoms with Crippen LogP contribution in [-0.4, -0.2) is 6.61 Å². The molecular weight excluding hydrogens is 388 g/mol. The van der Waals surface area contributed by atoms with Crippen molar-refractivity contribution < 1.29 is 4.74 Å². The lowest BCUT2D eigenvalue weighted by molar-refractivity contribution is 0.233. The predicted molar refractivity (Wildman–Crippen MR) is 146 cm³/mol. The van der Waals surface area contributed by atoms with E-state index in [1.807, 2.05) is 0 Å². The lowest BCUT2D eigenvalue weighted by Crippen LogP contribution is -1.87. The van der Waals surface area contributed by atoms with E-state index in [4.69, 9.17) is 4.74 Å². The molecule has 0 aromatic carbocycles. The molecule has 0 atom stereocenters. The lowest BCUT2D eigenvalue weighted by atomic mass is 10.0. The molecule has 1 heteroatoms. The van der Waals surface area contributed by atoms with Crippen LogP contribution in [0.4, 0.5) is 0 Å². The number of unbranched alkanes of at least 4 members (excludes halogenated alkanes) is 27. The molecular formula is C31H63O. The van der Waals surface area contributed by atoms with Gasteiger partial charge in [-0.25, -0.2) is 0 Å². The summed E-state index contributed by atoms with van der Waals surface area (Å²) in [4.78, 5) is 0. The fraction of sp³-hybridized carbons (Fsp3) is 0.968. The van der Waals surface area contributed by atoms with Crippen LogP contribution in [0.3, 0.4) is 0 Å². The molecule has 0 aliphatic rings. The molecule has 0 spiro atoms. The Labute approximate surface area is 205 Å². The fourth-order valence-electron chi connectivity index (χ4n) is 4.87. The first-order valence-electron chi connectivity index (χ1n) is 15.3. The van der Waals surface area contributed by atoms with E-state index in [1.54, 1.807) is 0 Å². The molecule has 32 heavy (non-hydrogen) atoms. The van der Waals surface area contributed by atoms with Crippen LogP contribution in [0.5, 0.6) is 0 Å². The van der Waals surface area contributed by atoms with Gasteiger partial charge in [0.15, 0.2) is 0 Å². The van der Waals surface area contributed by atoms with Crippen molar-refractivity contribution in [3.05, 3.63) is 7.11 Å². The summed E-state index contributed by atoms with van der Waals surface area (Å²) < 4.78 is 4.85. The monoisotopic (exact) mass is 451 g/mol. The largest absolute Gasteiger partial charge is 0.379 e. The second kappa shape index (κ2) is 31.0. The van der Waals surface area contributed by atoms with Crippen LogP contribution < -0.4 is 0 Å². The molecule has 0 amide bonds. The molecule has 193 valence electrons. The third kappa shape index (κ3) is 30.0. The van der Waals surface area contributed by atoms with Crippen LogP contribution in [0.1, 0.15) is 187 Å². The highest BCUT2D eigenvalue weighted by atomic mass is 16.5. The average Bonchev–Trinajstić information content (AvgIpc) is 2.81. The van der Waals surface area contributed by atoms with Crippen molar-refractivity contribution in [3.63, 3.8) is 0 Å². The summed E-state index contributed by atoms with van der Waals surface area (Å²) >= 11 is 0. The van der Waals surface area contributed by atoms with Gasteiger partial charge in [-0.15, -0.1) is 0 Å². The van der Waals surface area contributed by atoms with Crippen molar-refractivity contribution in [2.75, 3.05) is 6.61 Å². The van der Waals surface area contributed by atoms with Gasteiger partial charge in [0.05, 0.1) is 7.11 Å². The Balaban J connectivity index is 2.98. The van der Waals surface area contributed by atoms with Gasteiger partial charge < -0.3 is 4.74 Å². The zero-order valence-electron chi connectivity index (χ0n) is 22.6. The quantitative estimate of drug-likeness (QED) is 0.103. The first-order valence-corrected chi connectivity index (χ1v) is 15.3. The molecule has 0 aromatic rings. The molecule has 0 aromatic heterocycles. The molecule has 0 bridgehead atoms. The summed E-state index contributed by atoms with van der Waals surface area (Å²) in [6.07, 6.45) is 40.6. The van der Waals surface area contributed by atoms with Gasteiger partial charge in [-0.1, -0.05) is 180 Å². The number of rotatable bonds is 29. The summed E-state index contributed by atoms with van der Waals surface area (Å²) in [6, 6.07) is 0. The highest BCUT2D eigenvalue weighted by molar-refractivity contribution is 4.52. The smallest absolute Gasteiger partial charge is 0.0700 e. The molecule has 0 saturated heterocycles. The van der Waals surface area contributed by atoms with Crippen molar-refractivity contribution in [2.45, 2.75) is 187 Å². The molecule has 0 heterocycles. The topological polar surface area (TPSA) is 9.23 Å². The van der Waals surface area contributed by atoms with Crippen LogP contribution >= 0.6 is 0 Å². The predicted octanol–water partition coefficient (Wildman–Crippen LogP) is 11.7. The minimum absolute atomic E-state index is 0.833. The van der Waals surface area contributed by atoms with Crippen molar-refractivity contribution in [1.29, 1.82) is 0 Å². The van der Waals surface area contributed by atoms with Gasteiger partial charge in [-0.3, -0.25) is 0 Å². The summed E-state index contributed by atoms with van der Waals surface area (Å²) in [7, 11) is 3.42. The maximum Gasteiger partial charge on any atom is 0.0700 e. The highest BCUT2D eigenvalue weighted by Crippen LogP contribution is 2.16. The van der Waals surface area contributed by atoms with Gasteiger partial charge in [0, 0.05) is 6.61 Å². The van der Waals surface area contributed by atoms with Crippen molar-refractivity contribution in [1.82, 2.24) is 0 Å². The van der Waals surface area contributed by atoms with Crippen molar-refractivity contribution in [2.24, 2.45) is 0 Å². The Morgan fingerprint density at radius 2 is 0.500 bits per heavy atom. The van der Waals surface area contributed by atoms with E-state index in [0.29, 0.717) is 0 Å². The van der Waals surface area contributed by atoms with Gasteiger partial charge in [0.2, 0.25) is 0 Å². The third-order valence-corrected chi connectivity index (χ3v) is 7.14. The van der Waals surface area contributed by atoms with Gasteiger partial charge >= 0.3 is 0 Å². The molecule has 0 fully saturated rings. The van der Waals surface area contributed by atoms with Gasteiger partial charge in [-0.2, -0.15) is 0 Å². The Kier molecular flexibility index (Phi) is 30.9. The SMILES string of the molecule is [CH2]OCCCCCCCCCCCCCCCCCCCCCCCCCCCCCC. The Hall–Kier alpha value is -0.0400. The summed E-state index contributed by atoms with van der Waals surface area (Å²) in [5.74, 6) is 0. The van der Waals surface area contributed by atoms with Crippen LogP contribution in [0.2, 0.25) is 0 Å². The third-order valence-electron chi connectivity index (χ3n) is 7.14. The number of hydrogen-bond donors (Lipinski definition) is 0. The molecule has 0 unspecified atom stereocenters. The van der Waals surface area contributed by atoms with Crippen LogP contribution in [-0.2, 0) is 4.74 Å². The molecule has 0 rings (SSSR count). The van der Waals surface area contributed by atoms with E-state index in [0.717, 1.165) is 6.61 Å². The Morgan fingerprint density at radius 1 is 0.312 bits per heavy atom. The number of ether oxygens (including phenoxy) is 1. The molecule has 0 N–H and O–H groups in total. The zero-order chi connectivity index (χ0) is 23.2. The first-order chi connectivity index (χ1) is 15.9. The summed E-state index contributed by atoms with van der Waals surface area (Å²) in [6.45, 7) is 3.14. The van der Waals surface area contributed by atoms with E-state index in [2.05, 4.69) is 14.0 Å². The maximum absolute atomic E-state index is 4.85. The summed E-state index contributed by atoms with van der Waals surface area (Å²) in [5, 5.41) is 0. The molecule has 0 aliphatic carbocycles. The summed E-state index contributed by atoms with van der Waals surface area (Å²) in [5.41, 5.74) is 0. The van der Waals surface area contributed by atoms with Crippen LogP contribution in [0.15, 0.2) is 0 Å². The lowest BCUT2D eigenvalue weighted by Gasteiger charge is -2.04. The maximum atomic E-state index is 4.85. The Bertz CT molecular complexity index is 271. The van der Waals surface area contributed by atoms with E-state index in [9.17, 15) is 0 Å². The van der Waals surface area contributed by atoms with Crippen molar-refractivity contribution in [3.8, 4) is 0 Å². The van der Waals surface area contributed by atoms with Gasteiger partial charge in [0.25, 0.3) is 0 Å². The van der Waals surface area contributed by atoms with E-state index in [-0.39, 0.29) is 0 Å². The van der Waals surface area contributed by atoms with E-state index in [1.165, 1.54) is 180 Å². The van der Waals surface area contributed by atoms with Crippen LogP contribution in [0, 0.1) is 7.11 Å². The molecule has 0 aliphatic heterocycles. The standard InChI is InChI=1S/C31H63O/c1-3-4-5-6-7-8-9-10-11-12-13-14-15-16-17-18-19-20-21-22-23-24-25-26-27-28-29-30-31-32-2/h2-31H2,1H3.